The van der Waals surface area contributed by atoms with E-state index in [4.69, 9.17) is 5.73 Å². The van der Waals surface area contributed by atoms with Gasteiger partial charge in [-0.25, -0.2) is 4.39 Å². The summed E-state index contributed by atoms with van der Waals surface area (Å²) in [6.45, 7) is 3.40. The molecule has 0 radical (unpaired) electrons. The Morgan fingerprint density at radius 1 is 1.47 bits per heavy atom. The average Bonchev–Trinajstić information content (AvgIpc) is 2.22. The zero-order valence-corrected chi connectivity index (χ0v) is 9.14. The Kier molecular flexibility index (Phi) is 5.07. The molecule has 2 nitrogen and oxygen atoms in total. The van der Waals surface area contributed by atoms with E-state index in [1.807, 2.05) is 0 Å². The van der Waals surface area contributed by atoms with Crippen molar-refractivity contribution < 1.29 is 4.39 Å². The van der Waals surface area contributed by atoms with Gasteiger partial charge in [-0.3, -0.25) is 4.99 Å². The van der Waals surface area contributed by atoms with Crippen LogP contribution in [-0.4, -0.2) is 12.6 Å². The average molecular weight is 224 g/mol. The van der Waals surface area contributed by atoms with Crippen LogP contribution in [-0.2, 0) is 6.42 Å². The maximum atomic E-state index is 12.7. The van der Waals surface area contributed by atoms with Crippen molar-refractivity contribution in [3.05, 3.63) is 46.8 Å². The molecule has 0 saturated heterocycles. The zero-order chi connectivity index (χ0) is 11.1. The van der Waals surface area contributed by atoms with Crippen molar-refractivity contribution in [2.75, 3.05) is 5.88 Å². The molecule has 0 aliphatic carbocycles. The van der Waals surface area contributed by atoms with Gasteiger partial charge in [0.1, 0.15) is 5.82 Å². The van der Waals surface area contributed by atoms with E-state index in [1.54, 1.807) is 18.3 Å². The van der Waals surface area contributed by atoms with Crippen molar-refractivity contribution in [1.29, 1.82) is 0 Å². The Morgan fingerprint density at radius 3 is 2.67 bits per heavy atom. The molecule has 0 spiro atoms. The highest BCUT2D eigenvalue weighted by molar-refractivity contribution is 8.03. The normalized spacial score (nSPS) is 11.5. The van der Waals surface area contributed by atoms with Gasteiger partial charge in [0, 0.05) is 23.4 Å². The molecule has 0 heterocycles. The molecule has 1 aromatic carbocycles. The highest BCUT2D eigenvalue weighted by atomic mass is 32.2. The Bertz CT molecular complexity index is 346. The highest BCUT2D eigenvalue weighted by Gasteiger charge is 2.00. The number of halogens is 1. The Morgan fingerprint density at radius 2 is 2.13 bits per heavy atom. The predicted molar refractivity (Wildman–Crippen MR) is 64.4 cm³/mol. The number of benzene rings is 1. The molecule has 0 aliphatic rings. The minimum Gasteiger partial charge on any atom is -0.322 e. The van der Waals surface area contributed by atoms with E-state index in [9.17, 15) is 4.39 Å². The van der Waals surface area contributed by atoms with Crippen LogP contribution < -0.4 is 5.73 Å². The first-order chi connectivity index (χ1) is 7.26. The predicted octanol–water partition coefficient (Wildman–Crippen LogP) is 2.56. The van der Waals surface area contributed by atoms with Crippen molar-refractivity contribution in [1.82, 2.24) is 0 Å². The summed E-state index contributed by atoms with van der Waals surface area (Å²) in [5.41, 5.74) is 6.47. The van der Waals surface area contributed by atoms with Gasteiger partial charge in [0.15, 0.2) is 0 Å². The monoisotopic (exact) mass is 224 g/mol. The van der Waals surface area contributed by atoms with E-state index < -0.39 is 0 Å². The Labute approximate surface area is 93.1 Å². The summed E-state index contributed by atoms with van der Waals surface area (Å²) in [4.78, 5) is 4.73. The van der Waals surface area contributed by atoms with E-state index in [0.717, 1.165) is 10.5 Å². The lowest BCUT2D eigenvalue weighted by Gasteiger charge is -2.04. The molecular formula is C11H13FN2S. The van der Waals surface area contributed by atoms with E-state index in [1.165, 1.54) is 23.9 Å². The minimum atomic E-state index is -0.224. The standard InChI is InChI=1S/C11H13FN2S/c1-14-7-11(15-8-13)6-9-2-4-10(12)5-3-9/h2-5,7H,1,6,8,13H2/b11-7-. The third kappa shape index (κ3) is 4.27. The minimum absolute atomic E-state index is 0.224. The van der Waals surface area contributed by atoms with Crippen LogP contribution in [0, 0.1) is 5.82 Å². The van der Waals surface area contributed by atoms with Gasteiger partial charge in [-0.05, 0) is 24.4 Å². The molecule has 0 unspecified atom stereocenters. The van der Waals surface area contributed by atoms with Crippen LogP contribution in [0.1, 0.15) is 5.56 Å². The van der Waals surface area contributed by atoms with Crippen LogP contribution in [0.3, 0.4) is 0 Å². The maximum absolute atomic E-state index is 12.7. The lowest BCUT2D eigenvalue weighted by Crippen LogP contribution is -1.95. The van der Waals surface area contributed by atoms with E-state index >= 15 is 0 Å². The number of aliphatic imine (C=N–C) groups is 1. The molecule has 1 rings (SSSR count). The molecule has 4 heteroatoms. The van der Waals surface area contributed by atoms with Gasteiger partial charge in [-0.1, -0.05) is 12.1 Å². The van der Waals surface area contributed by atoms with Crippen molar-refractivity contribution in [2.24, 2.45) is 10.7 Å². The van der Waals surface area contributed by atoms with E-state index in [0.29, 0.717) is 12.3 Å². The highest BCUT2D eigenvalue weighted by Crippen LogP contribution is 2.19. The number of rotatable bonds is 5. The van der Waals surface area contributed by atoms with Crippen molar-refractivity contribution in [2.45, 2.75) is 6.42 Å². The molecule has 0 fully saturated rings. The van der Waals surface area contributed by atoms with E-state index in [-0.39, 0.29) is 5.82 Å². The van der Waals surface area contributed by atoms with Crippen LogP contribution in [0.15, 0.2) is 40.4 Å². The van der Waals surface area contributed by atoms with Crippen LogP contribution in [0.5, 0.6) is 0 Å². The molecule has 2 N–H and O–H groups in total. The summed E-state index contributed by atoms with van der Waals surface area (Å²) >= 11 is 1.51. The van der Waals surface area contributed by atoms with Crippen LogP contribution in [0.2, 0.25) is 0 Å². The first-order valence-corrected chi connectivity index (χ1v) is 5.47. The Hall–Kier alpha value is -1.13. The summed E-state index contributed by atoms with van der Waals surface area (Å²) < 4.78 is 12.7. The third-order valence-corrected chi connectivity index (χ3v) is 2.58. The molecule has 80 valence electrons. The number of hydrogen-bond donors (Lipinski definition) is 1. The van der Waals surface area contributed by atoms with Gasteiger partial charge in [-0.2, -0.15) is 0 Å². The summed E-state index contributed by atoms with van der Waals surface area (Å²) in [5.74, 6) is 0.278. The number of nitrogens with two attached hydrogens (primary N) is 1. The lowest BCUT2D eigenvalue weighted by atomic mass is 10.1. The smallest absolute Gasteiger partial charge is 0.123 e. The molecular weight excluding hydrogens is 211 g/mol. The number of nitrogens with zero attached hydrogens (tertiary/aromatic N) is 1. The second-order valence-electron chi connectivity index (χ2n) is 2.89. The third-order valence-electron chi connectivity index (χ3n) is 1.80. The number of thioether (sulfide) groups is 1. The maximum Gasteiger partial charge on any atom is 0.123 e. The van der Waals surface area contributed by atoms with Gasteiger partial charge in [-0.15, -0.1) is 11.8 Å². The summed E-state index contributed by atoms with van der Waals surface area (Å²) in [6.07, 6.45) is 2.39. The van der Waals surface area contributed by atoms with Crippen LogP contribution in [0.4, 0.5) is 4.39 Å². The van der Waals surface area contributed by atoms with E-state index in [2.05, 4.69) is 11.7 Å². The van der Waals surface area contributed by atoms with Crippen LogP contribution >= 0.6 is 11.8 Å². The molecule has 0 saturated carbocycles. The van der Waals surface area contributed by atoms with Gasteiger partial charge >= 0.3 is 0 Å². The van der Waals surface area contributed by atoms with Gasteiger partial charge in [0.05, 0.1) is 0 Å². The molecule has 1 aromatic rings. The molecule has 15 heavy (non-hydrogen) atoms. The van der Waals surface area contributed by atoms with Crippen molar-refractivity contribution in [3.63, 3.8) is 0 Å². The fraction of sp³-hybridized carbons (Fsp3) is 0.182. The van der Waals surface area contributed by atoms with Gasteiger partial charge in [0.2, 0.25) is 0 Å². The second kappa shape index (κ2) is 6.37. The first-order valence-electron chi connectivity index (χ1n) is 4.48. The molecule has 0 aromatic heterocycles. The SMILES string of the molecule is C=N/C=C(/Cc1ccc(F)cc1)SCN. The molecule has 0 aliphatic heterocycles. The van der Waals surface area contributed by atoms with Gasteiger partial charge < -0.3 is 5.73 Å². The summed E-state index contributed by atoms with van der Waals surface area (Å²) in [5, 5.41) is 0. The van der Waals surface area contributed by atoms with Crippen LogP contribution in [0.25, 0.3) is 0 Å². The lowest BCUT2D eigenvalue weighted by molar-refractivity contribution is 0.627. The number of hydrogen-bond acceptors (Lipinski definition) is 3. The topological polar surface area (TPSA) is 38.4 Å². The quantitative estimate of drug-likeness (QED) is 0.616. The fourth-order valence-corrected chi connectivity index (χ4v) is 1.78. The Balaban J connectivity index is 2.69. The van der Waals surface area contributed by atoms with Crippen molar-refractivity contribution in [3.8, 4) is 0 Å². The molecule has 0 amide bonds. The summed E-state index contributed by atoms with van der Waals surface area (Å²) in [7, 11) is 0. The number of allylic oxidation sites excluding steroid dienone is 1. The largest absolute Gasteiger partial charge is 0.322 e. The zero-order valence-electron chi connectivity index (χ0n) is 8.32. The first kappa shape index (κ1) is 11.9. The molecule has 0 bridgehead atoms. The fourth-order valence-electron chi connectivity index (χ4n) is 1.15. The van der Waals surface area contributed by atoms with Crippen molar-refractivity contribution >= 4 is 18.5 Å². The second-order valence-corrected chi connectivity index (χ2v) is 4.04. The van der Waals surface area contributed by atoms with Gasteiger partial charge in [0.25, 0.3) is 0 Å². The summed E-state index contributed by atoms with van der Waals surface area (Å²) in [6, 6.07) is 6.40. The molecule has 0 atom stereocenters.